The maximum Gasteiger partial charge on any atom is 0.431 e. The lowest BCUT2D eigenvalue weighted by Crippen LogP contribution is -2.19. The number of nitrogens with zero attached hydrogens (tertiary/aromatic N) is 1. The third-order valence-electron chi connectivity index (χ3n) is 3.29. The molecule has 1 N–H and O–H groups in total. The average molecular weight is 322 g/mol. The smallest absolute Gasteiger partial charge is 0.302 e. The van der Waals surface area contributed by atoms with Gasteiger partial charge in [-0.2, -0.15) is 18.2 Å². The predicted molar refractivity (Wildman–Crippen MR) is 83.9 cm³/mol. The number of hydrogen-bond donors (Lipinski definition) is 1. The number of aromatic amines is 1. The molecule has 2 rings (SSSR count). The van der Waals surface area contributed by atoms with Crippen molar-refractivity contribution in [2.75, 3.05) is 0 Å². The summed E-state index contributed by atoms with van der Waals surface area (Å²) in [7, 11) is 0. The summed E-state index contributed by atoms with van der Waals surface area (Å²) in [6.07, 6.45) is -1.61. The first-order valence-corrected chi connectivity index (χ1v) is 7.03. The highest BCUT2D eigenvalue weighted by molar-refractivity contribution is 5.68. The van der Waals surface area contributed by atoms with Crippen LogP contribution in [0.1, 0.15) is 43.3 Å². The SMILES string of the molecule is CC(C)(C)c1ccc(/C=C/c2cc(C(F)(F)F)[nH]c(=O)n2)cc1. The van der Waals surface area contributed by atoms with Crippen LogP contribution >= 0.6 is 0 Å². The molecule has 0 radical (unpaired) electrons. The van der Waals surface area contributed by atoms with E-state index in [0.717, 1.165) is 17.2 Å². The van der Waals surface area contributed by atoms with Gasteiger partial charge in [0, 0.05) is 0 Å². The summed E-state index contributed by atoms with van der Waals surface area (Å²) in [5, 5.41) is 0. The van der Waals surface area contributed by atoms with Gasteiger partial charge < -0.3 is 4.98 Å². The largest absolute Gasteiger partial charge is 0.431 e. The van der Waals surface area contributed by atoms with E-state index < -0.39 is 17.6 Å². The van der Waals surface area contributed by atoms with Gasteiger partial charge in [-0.05, 0) is 28.7 Å². The zero-order valence-electron chi connectivity index (χ0n) is 13.0. The number of halogens is 3. The van der Waals surface area contributed by atoms with Crippen LogP contribution in [-0.4, -0.2) is 9.97 Å². The Morgan fingerprint density at radius 2 is 1.65 bits per heavy atom. The van der Waals surface area contributed by atoms with E-state index >= 15 is 0 Å². The summed E-state index contributed by atoms with van der Waals surface area (Å²) in [5.74, 6) is 0. The Bertz CT molecular complexity index is 766. The summed E-state index contributed by atoms with van der Waals surface area (Å²) < 4.78 is 37.9. The van der Waals surface area contributed by atoms with Crippen LogP contribution in [0.5, 0.6) is 0 Å². The third-order valence-corrected chi connectivity index (χ3v) is 3.29. The van der Waals surface area contributed by atoms with Gasteiger partial charge in [0.25, 0.3) is 0 Å². The topological polar surface area (TPSA) is 45.8 Å². The number of alkyl halides is 3. The quantitative estimate of drug-likeness (QED) is 0.898. The second-order valence-corrected chi connectivity index (χ2v) is 6.23. The van der Waals surface area contributed by atoms with Crippen LogP contribution in [0.3, 0.4) is 0 Å². The molecule has 0 unspecified atom stereocenters. The first kappa shape index (κ1) is 17.0. The summed E-state index contributed by atoms with van der Waals surface area (Å²) in [6.45, 7) is 6.28. The van der Waals surface area contributed by atoms with E-state index in [9.17, 15) is 18.0 Å². The number of aromatic nitrogens is 2. The molecule has 1 aromatic heterocycles. The van der Waals surface area contributed by atoms with Gasteiger partial charge in [0.1, 0.15) is 5.69 Å². The van der Waals surface area contributed by atoms with E-state index in [4.69, 9.17) is 0 Å². The van der Waals surface area contributed by atoms with E-state index in [2.05, 4.69) is 25.8 Å². The molecule has 3 nitrogen and oxygen atoms in total. The molecule has 6 heteroatoms. The first-order chi connectivity index (χ1) is 10.6. The summed E-state index contributed by atoms with van der Waals surface area (Å²) in [6, 6.07) is 8.48. The Kier molecular flexibility index (Phi) is 4.45. The van der Waals surface area contributed by atoms with Crippen molar-refractivity contribution in [3.63, 3.8) is 0 Å². The van der Waals surface area contributed by atoms with Crippen LogP contribution in [0.15, 0.2) is 35.1 Å². The van der Waals surface area contributed by atoms with Crippen LogP contribution in [0.2, 0.25) is 0 Å². The second-order valence-electron chi connectivity index (χ2n) is 6.23. The molecule has 1 heterocycles. The van der Waals surface area contributed by atoms with Crippen LogP contribution in [0.4, 0.5) is 13.2 Å². The first-order valence-electron chi connectivity index (χ1n) is 7.03. The van der Waals surface area contributed by atoms with Crippen molar-refractivity contribution >= 4 is 12.2 Å². The highest BCUT2D eigenvalue weighted by Gasteiger charge is 2.32. The summed E-state index contributed by atoms with van der Waals surface area (Å²) in [4.78, 5) is 16.4. The monoisotopic (exact) mass is 322 g/mol. The van der Waals surface area contributed by atoms with Gasteiger partial charge in [-0.15, -0.1) is 0 Å². The third kappa shape index (κ3) is 4.55. The lowest BCUT2D eigenvalue weighted by molar-refractivity contribution is -0.141. The van der Waals surface area contributed by atoms with Crippen molar-refractivity contribution in [3.05, 3.63) is 63.3 Å². The summed E-state index contributed by atoms with van der Waals surface area (Å²) in [5.41, 5.74) is -0.182. The molecule has 0 aliphatic heterocycles. The fourth-order valence-electron chi connectivity index (χ4n) is 1.99. The minimum atomic E-state index is -4.61. The lowest BCUT2D eigenvalue weighted by atomic mass is 9.87. The molecule has 0 bridgehead atoms. The van der Waals surface area contributed by atoms with Gasteiger partial charge in [-0.1, -0.05) is 51.1 Å². The van der Waals surface area contributed by atoms with Gasteiger partial charge in [0.15, 0.2) is 0 Å². The van der Waals surface area contributed by atoms with Gasteiger partial charge in [-0.25, -0.2) is 4.79 Å². The zero-order chi connectivity index (χ0) is 17.3. The van der Waals surface area contributed by atoms with Crippen molar-refractivity contribution in [1.29, 1.82) is 0 Å². The van der Waals surface area contributed by atoms with Gasteiger partial charge in [-0.3, -0.25) is 0 Å². The number of H-pyrrole nitrogens is 1. The minimum Gasteiger partial charge on any atom is -0.302 e. The fraction of sp³-hybridized carbons (Fsp3) is 0.294. The highest BCUT2D eigenvalue weighted by Crippen LogP contribution is 2.27. The Hall–Kier alpha value is -2.37. The van der Waals surface area contributed by atoms with Crippen molar-refractivity contribution in [2.24, 2.45) is 0 Å². The van der Waals surface area contributed by atoms with Crippen molar-refractivity contribution in [3.8, 4) is 0 Å². The van der Waals surface area contributed by atoms with Crippen LogP contribution in [0, 0.1) is 0 Å². The van der Waals surface area contributed by atoms with E-state index in [1.165, 1.54) is 6.08 Å². The molecule has 0 aliphatic rings. The maximum absolute atomic E-state index is 12.6. The molecule has 0 aliphatic carbocycles. The van der Waals surface area contributed by atoms with Gasteiger partial charge >= 0.3 is 11.9 Å². The van der Waals surface area contributed by atoms with E-state index in [0.29, 0.717) is 0 Å². The number of rotatable bonds is 2. The molecule has 2 aromatic rings. The molecule has 1 aromatic carbocycles. The normalized spacial score (nSPS) is 12.8. The van der Waals surface area contributed by atoms with Crippen molar-refractivity contribution in [2.45, 2.75) is 32.4 Å². The number of benzene rings is 1. The van der Waals surface area contributed by atoms with Crippen molar-refractivity contribution in [1.82, 2.24) is 9.97 Å². The average Bonchev–Trinajstić information content (AvgIpc) is 2.43. The predicted octanol–water partition coefficient (Wildman–Crippen LogP) is 4.26. The Morgan fingerprint density at radius 1 is 1.04 bits per heavy atom. The van der Waals surface area contributed by atoms with Crippen LogP contribution in [0.25, 0.3) is 12.2 Å². The molecule has 23 heavy (non-hydrogen) atoms. The van der Waals surface area contributed by atoms with Crippen LogP contribution in [-0.2, 0) is 11.6 Å². The van der Waals surface area contributed by atoms with Gasteiger partial charge in [0.05, 0.1) is 5.69 Å². The molecule has 0 saturated heterocycles. The van der Waals surface area contributed by atoms with E-state index in [1.807, 2.05) is 24.3 Å². The molecular formula is C17H17F3N2O. The number of hydrogen-bond acceptors (Lipinski definition) is 2. The van der Waals surface area contributed by atoms with Crippen molar-refractivity contribution < 1.29 is 13.2 Å². The summed E-state index contributed by atoms with van der Waals surface area (Å²) >= 11 is 0. The zero-order valence-corrected chi connectivity index (χ0v) is 13.0. The van der Waals surface area contributed by atoms with E-state index in [1.54, 1.807) is 11.1 Å². The molecule has 0 saturated carbocycles. The molecule has 0 fully saturated rings. The molecule has 0 amide bonds. The molecule has 0 spiro atoms. The Morgan fingerprint density at radius 3 is 2.17 bits per heavy atom. The molecular weight excluding hydrogens is 305 g/mol. The lowest BCUT2D eigenvalue weighted by Gasteiger charge is -2.18. The minimum absolute atomic E-state index is 0.0259. The standard InChI is InChI=1S/C17H17F3N2O/c1-16(2,3)12-7-4-11(5-8-12)6-9-13-10-14(17(18,19)20)22-15(23)21-13/h4-10H,1-3H3,(H,21,22,23)/b9-6+. The second kappa shape index (κ2) is 6.02. The molecule has 122 valence electrons. The van der Waals surface area contributed by atoms with Crippen LogP contribution < -0.4 is 5.69 Å². The maximum atomic E-state index is 12.6. The van der Waals surface area contributed by atoms with E-state index in [-0.39, 0.29) is 11.1 Å². The fourth-order valence-corrected chi connectivity index (χ4v) is 1.99. The molecule has 0 atom stereocenters. The van der Waals surface area contributed by atoms with Gasteiger partial charge in [0.2, 0.25) is 0 Å². The number of nitrogens with one attached hydrogen (secondary N) is 1. The Balaban J connectivity index is 2.27. The Labute approximate surface area is 131 Å². The highest BCUT2D eigenvalue weighted by atomic mass is 19.4.